The zero-order chi connectivity index (χ0) is 23.9. The molecule has 0 bridgehead atoms. The third kappa shape index (κ3) is 6.17. The normalized spacial score (nSPS) is 14.8. The van der Waals surface area contributed by atoms with E-state index in [0.717, 1.165) is 4.88 Å². The van der Waals surface area contributed by atoms with E-state index in [2.05, 4.69) is 19.8 Å². The van der Waals surface area contributed by atoms with Crippen molar-refractivity contribution in [2.45, 2.75) is 20.1 Å². The van der Waals surface area contributed by atoms with Crippen molar-refractivity contribution in [1.29, 1.82) is 0 Å². The third-order valence-corrected chi connectivity index (χ3v) is 6.02. The summed E-state index contributed by atoms with van der Waals surface area (Å²) in [5, 5.41) is 5.99. The van der Waals surface area contributed by atoms with Crippen LogP contribution in [0, 0.1) is 0 Å². The minimum Gasteiger partial charge on any atom is -0.490 e. The van der Waals surface area contributed by atoms with Gasteiger partial charge in [0.1, 0.15) is 0 Å². The molecule has 1 aromatic carbocycles. The zero-order valence-electron chi connectivity index (χ0n) is 18.5. The highest BCUT2D eigenvalue weighted by Crippen LogP contribution is 2.30. The van der Waals surface area contributed by atoms with Crippen molar-refractivity contribution in [2.24, 2.45) is 0 Å². The van der Waals surface area contributed by atoms with E-state index in [1.807, 2.05) is 17.5 Å². The van der Waals surface area contributed by atoms with Gasteiger partial charge in [0.15, 0.2) is 11.5 Å². The Balaban J connectivity index is 1.29. The summed E-state index contributed by atoms with van der Waals surface area (Å²) < 4.78 is 40.3. The van der Waals surface area contributed by atoms with Crippen LogP contribution in [0.1, 0.15) is 18.4 Å². The molecule has 1 aliphatic rings. The van der Waals surface area contributed by atoms with E-state index in [-0.39, 0.29) is 17.4 Å². The van der Waals surface area contributed by atoms with Gasteiger partial charge in [-0.05, 0) is 42.1 Å². The molecule has 0 N–H and O–H groups in total. The molecule has 8 nitrogen and oxygen atoms in total. The molecule has 11 heteroatoms. The molecule has 0 saturated carbocycles. The first-order valence-electron chi connectivity index (χ1n) is 10.8. The van der Waals surface area contributed by atoms with Crippen LogP contribution in [0.3, 0.4) is 0 Å². The van der Waals surface area contributed by atoms with Gasteiger partial charge < -0.3 is 18.9 Å². The summed E-state index contributed by atoms with van der Waals surface area (Å²) in [6.45, 7) is 2.15. The van der Waals surface area contributed by atoms with E-state index in [4.69, 9.17) is 9.26 Å². The van der Waals surface area contributed by atoms with Crippen LogP contribution in [0.4, 0.5) is 8.78 Å². The number of nitrogens with zero attached hydrogens (tertiary/aromatic N) is 4. The van der Waals surface area contributed by atoms with E-state index in [1.165, 1.54) is 12.1 Å². The first-order chi connectivity index (χ1) is 16.5. The number of hydrogen-bond donors (Lipinski definition) is 0. The van der Waals surface area contributed by atoms with Gasteiger partial charge in [-0.25, -0.2) is 0 Å². The largest absolute Gasteiger partial charge is 0.490 e. The fourth-order valence-corrected chi connectivity index (χ4v) is 4.15. The average molecular weight is 491 g/mol. The van der Waals surface area contributed by atoms with Crippen LogP contribution in [0.15, 0.2) is 46.3 Å². The number of ether oxygens (including phenoxy) is 2. The van der Waals surface area contributed by atoms with Crippen LogP contribution in [0.5, 0.6) is 11.5 Å². The SMILES string of the molecule is CCOc1cc(/C=C/C(=O)N2CCN(Cc3nc(-c4cccs4)no3)CC2)ccc1OC(F)F. The predicted molar refractivity (Wildman–Crippen MR) is 123 cm³/mol. The second-order valence-electron chi connectivity index (χ2n) is 7.44. The Labute approximate surface area is 199 Å². The number of carbonyl (C=O) groups excluding carboxylic acids is 1. The summed E-state index contributed by atoms with van der Waals surface area (Å²) in [5.41, 5.74) is 0.648. The minimum absolute atomic E-state index is 0.0415. The van der Waals surface area contributed by atoms with E-state index in [0.29, 0.717) is 56.6 Å². The molecule has 4 rings (SSSR count). The smallest absolute Gasteiger partial charge is 0.387 e. The lowest BCUT2D eigenvalue weighted by Crippen LogP contribution is -2.47. The molecule has 0 aliphatic carbocycles. The molecule has 1 fully saturated rings. The molecule has 1 amide bonds. The lowest BCUT2D eigenvalue weighted by atomic mass is 10.2. The molecule has 0 spiro atoms. The Kier molecular flexibility index (Phi) is 7.86. The van der Waals surface area contributed by atoms with Crippen molar-refractivity contribution in [3.05, 3.63) is 53.2 Å². The predicted octanol–water partition coefficient (Wildman–Crippen LogP) is 4.16. The highest BCUT2D eigenvalue weighted by Gasteiger charge is 2.22. The Bertz CT molecular complexity index is 1110. The van der Waals surface area contributed by atoms with Crippen molar-refractivity contribution >= 4 is 23.3 Å². The van der Waals surface area contributed by atoms with Crippen LogP contribution in [0.2, 0.25) is 0 Å². The molecule has 0 atom stereocenters. The lowest BCUT2D eigenvalue weighted by Gasteiger charge is -2.33. The topological polar surface area (TPSA) is 80.9 Å². The summed E-state index contributed by atoms with van der Waals surface area (Å²) in [6, 6.07) is 8.45. The fraction of sp³-hybridized carbons (Fsp3) is 0.348. The average Bonchev–Trinajstić information content (AvgIpc) is 3.51. The van der Waals surface area contributed by atoms with Crippen molar-refractivity contribution < 1.29 is 27.6 Å². The quantitative estimate of drug-likeness (QED) is 0.417. The Morgan fingerprint density at radius 2 is 2.06 bits per heavy atom. The molecular weight excluding hydrogens is 466 g/mol. The molecular formula is C23H24F2N4O4S. The number of aromatic nitrogens is 2. The van der Waals surface area contributed by atoms with Crippen molar-refractivity contribution in [3.63, 3.8) is 0 Å². The fourth-order valence-electron chi connectivity index (χ4n) is 3.51. The van der Waals surface area contributed by atoms with Crippen LogP contribution in [-0.2, 0) is 11.3 Å². The van der Waals surface area contributed by atoms with Crippen molar-refractivity contribution in [1.82, 2.24) is 19.9 Å². The Morgan fingerprint density at radius 1 is 1.24 bits per heavy atom. The molecule has 2 aromatic heterocycles. The van der Waals surface area contributed by atoms with Gasteiger partial charge in [0.25, 0.3) is 0 Å². The van der Waals surface area contributed by atoms with Crippen LogP contribution >= 0.6 is 11.3 Å². The Hall–Kier alpha value is -3.31. The lowest BCUT2D eigenvalue weighted by molar-refractivity contribution is -0.127. The second-order valence-corrected chi connectivity index (χ2v) is 8.39. The first kappa shape index (κ1) is 23.8. The van der Waals surface area contributed by atoms with Gasteiger partial charge in [-0.3, -0.25) is 9.69 Å². The van der Waals surface area contributed by atoms with Gasteiger partial charge >= 0.3 is 6.61 Å². The number of halogens is 2. The van der Waals surface area contributed by atoms with Crippen molar-refractivity contribution in [3.8, 4) is 22.2 Å². The Morgan fingerprint density at radius 3 is 2.76 bits per heavy atom. The number of carbonyl (C=O) groups is 1. The highest BCUT2D eigenvalue weighted by molar-refractivity contribution is 7.13. The first-order valence-corrected chi connectivity index (χ1v) is 11.7. The number of amides is 1. The number of thiophene rings is 1. The maximum Gasteiger partial charge on any atom is 0.387 e. The van der Waals surface area contributed by atoms with Gasteiger partial charge in [0, 0.05) is 32.3 Å². The van der Waals surface area contributed by atoms with Gasteiger partial charge in [-0.15, -0.1) is 11.3 Å². The molecule has 0 unspecified atom stereocenters. The second kappa shape index (κ2) is 11.2. The monoisotopic (exact) mass is 490 g/mol. The van der Waals surface area contributed by atoms with Crippen molar-refractivity contribution in [2.75, 3.05) is 32.8 Å². The standard InChI is InChI=1S/C23H24F2N4O4S/c1-2-31-18-14-16(5-7-17(18)32-23(24)25)6-8-21(30)29-11-9-28(10-12-29)15-20-26-22(27-33-20)19-4-3-13-34-19/h3-8,13-14,23H,2,9-12,15H2,1H3/b8-6+. The molecule has 34 heavy (non-hydrogen) atoms. The van der Waals surface area contributed by atoms with E-state index < -0.39 is 6.61 Å². The number of benzene rings is 1. The summed E-state index contributed by atoms with van der Waals surface area (Å²) >= 11 is 1.56. The molecule has 180 valence electrons. The summed E-state index contributed by atoms with van der Waals surface area (Å²) in [5.74, 6) is 1.18. The van der Waals surface area contributed by atoms with Crippen LogP contribution in [-0.4, -0.2) is 65.2 Å². The molecule has 0 radical (unpaired) electrons. The van der Waals surface area contributed by atoms with E-state index in [9.17, 15) is 13.6 Å². The summed E-state index contributed by atoms with van der Waals surface area (Å²) in [6.07, 6.45) is 3.10. The molecule has 3 aromatic rings. The molecule has 3 heterocycles. The number of piperazine rings is 1. The summed E-state index contributed by atoms with van der Waals surface area (Å²) in [7, 11) is 0. The summed E-state index contributed by atoms with van der Waals surface area (Å²) in [4.78, 5) is 21.9. The molecule has 1 saturated heterocycles. The maximum absolute atomic E-state index is 12.6. The van der Waals surface area contributed by atoms with Crippen LogP contribution in [0.25, 0.3) is 16.8 Å². The maximum atomic E-state index is 12.6. The van der Waals surface area contributed by atoms with Gasteiger partial charge in [0.05, 0.1) is 18.0 Å². The molecule has 1 aliphatic heterocycles. The van der Waals surface area contributed by atoms with Crippen LogP contribution < -0.4 is 9.47 Å². The number of hydrogen-bond acceptors (Lipinski definition) is 8. The zero-order valence-corrected chi connectivity index (χ0v) is 19.3. The minimum atomic E-state index is -2.94. The van der Waals surface area contributed by atoms with Gasteiger partial charge in [-0.1, -0.05) is 17.3 Å². The van der Waals surface area contributed by atoms with E-state index in [1.54, 1.807) is 41.4 Å². The van der Waals surface area contributed by atoms with Gasteiger partial charge in [-0.2, -0.15) is 13.8 Å². The number of alkyl halides is 2. The highest BCUT2D eigenvalue weighted by atomic mass is 32.1. The number of rotatable bonds is 9. The third-order valence-electron chi connectivity index (χ3n) is 5.15. The van der Waals surface area contributed by atoms with Gasteiger partial charge in [0.2, 0.25) is 17.6 Å². The van der Waals surface area contributed by atoms with E-state index >= 15 is 0 Å².